The van der Waals surface area contributed by atoms with Gasteiger partial charge in [-0.15, -0.1) is 0 Å². The van der Waals surface area contributed by atoms with Gasteiger partial charge in [0.15, 0.2) is 11.5 Å². The highest BCUT2D eigenvalue weighted by atomic mass is 16.7. The number of nitrogens with one attached hydrogen (secondary N) is 2. The Labute approximate surface area is 135 Å². The molecule has 1 aliphatic heterocycles. The fraction of sp³-hybridized carbons (Fsp3) is 0.278. The zero-order chi connectivity index (χ0) is 16.2. The van der Waals surface area contributed by atoms with E-state index in [2.05, 4.69) is 24.5 Å². The maximum atomic E-state index is 12.1. The van der Waals surface area contributed by atoms with E-state index in [1.165, 1.54) is 0 Å². The molecule has 0 fully saturated rings. The van der Waals surface area contributed by atoms with Crippen LogP contribution in [0, 0.1) is 0 Å². The van der Waals surface area contributed by atoms with Crippen LogP contribution in [0.15, 0.2) is 42.5 Å². The van der Waals surface area contributed by atoms with Crippen molar-refractivity contribution in [3.05, 3.63) is 53.6 Å². The van der Waals surface area contributed by atoms with E-state index < -0.39 is 0 Å². The predicted octanol–water partition coefficient (Wildman–Crippen LogP) is 3.86. The lowest BCUT2D eigenvalue weighted by molar-refractivity contribution is 0.174. The topological polar surface area (TPSA) is 59.6 Å². The second kappa shape index (κ2) is 6.60. The molecule has 0 spiro atoms. The first-order valence-electron chi connectivity index (χ1n) is 7.66. The van der Waals surface area contributed by atoms with Crippen molar-refractivity contribution in [3.8, 4) is 11.5 Å². The highest BCUT2D eigenvalue weighted by Gasteiger charge is 2.14. The molecule has 0 radical (unpaired) electrons. The Morgan fingerprint density at radius 3 is 2.74 bits per heavy atom. The van der Waals surface area contributed by atoms with Crippen LogP contribution >= 0.6 is 0 Å². The summed E-state index contributed by atoms with van der Waals surface area (Å²) < 4.78 is 10.6. The van der Waals surface area contributed by atoms with Crippen LogP contribution in [0.25, 0.3) is 0 Å². The molecule has 2 N–H and O–H groups in total. The largest absolute Gasteiger partial charge is 0.454 e. The van der Waals surface area contributed by atoms with Crippen LogP contribution < -0.4 is 20.1 Å². The maximum Gasteiger partial charge on any atom is 0.319 e. The number of fused-ring (bicyclic) bond motifs is 1. The summed E-state index contributed by atoms with van der Waals surface area (Å²) in [5, 5.41) is 5.77. The number of carbonyl (C=O) groups excluding carboxylic acids is 1. The highest BCUT2D eigenvalue weighted by molar-refractivity contribution is 5.90. The smallest absolute Gasteiger partial charge is 0.319 e. The number of benzene rings is 2. The number of hydrogen-bond acceptors (Lipinski definition) is 3. The van der Waals surface area contributed by atoms with Crippen molar-refractivity contribution in [1.29, 1.82) is 0 Å². The Hall–Kier alpha value is -2.69. The van der Waals surface area contributed by atoms with E-state index in [1.807, 2.05) is 42.5 Å². The Morgan fingerprint density at radius 1 is 1.13 bits per heavy atom. The monoisotopic (exact) mass is 312 g/mol. The van der Waals surface area contributed by atoms with Crippen molar-refractivity contribution in [3.63, 3.8) is 0 Å². The van der Waals surface area contributed by atoms with Gasteiger partial charge in [-0.05, 0) is 35.2 Å². The summed E-state index contributed by atoms with van der Waals surface area (Å²) in [7, 11) is 0. The molecule has 2 aromatic carbocycles. The van der Waals surface area contributed by atoms with E-state index in [0.717, 1.165) is 28.3 Å². The van der Waals surface area contributed by atoms with E-state index in [-0.39, 0.29) is 12.8 Å². The molecular formula is C18H20N2O3. The van der Waals surface area contributed by atoms with Crippen LogP contribution in [-0.4, -0.2) is 12.8 Å². The van der Waals surface area contributed by atoms with Crippen molar-refractivity contribution in [2.24, 2.45) is 0 Å². The van der Waals surface area contributed by atoms with E-state index in [9.17, 15) is 4.79 Å². The third kappa shape index (κ3) is 3.56. The lowest BCUT2D eigenvalue weighted by atomic mass is 10.0. The first kappa shape index (κ1) is 15.2. The summed E-state index contributed by atoms with van der Waals surface area (Å²) in [6.07, 6.45) is 0. The average Bonchev–Trinajstić information content (AvgIpc) is 3.01. The summed E-state index contributed by atoms with van der Waals surface area (Å²) in [4.78, 5) is 12.1. The SMILES string of the molecule is CC(C)c1ccccc1NC(=O)NCc1ccc2c(c1)OCO2. The summed E-state index contributed by atoms with van der Waals surface area (Å²) in [6, 6.07) is 13.2. The molecule has 1 aliphatic rings. The van der Waals surface area contributed by atoms with Gasteiger partial charge in [-0.3, -0.25) is 0 Å². The van der Waals surface area contributed by atoms with Crippen LogP contribution in [0.4, 0.5) is 10.5 Å². The van der Waals surface area contributed by atoms with Crippen LogP contribution in [0.3, 0.4) is 0 Å². The Kier molecular flexibility index (Phi) is 4.37. The standard InChI is InChI=1S/C18H20N2O3/c1-12(2)14-5-3-4-6-15(14)20-18(21)19-10-13-7-8-16-17(9-13)23-11-22-16/h3-9,12H,10-11H2,1-2H3,(H2,19,20,21). The molecule has 23 heavy (non-hydrogen) atoms. The lowest BCUT2D eigenvalue weighted by Crippen LogP contribution is -2.28. The van der Waals surface area contributed by atoms with Gasteiger partial charge in [0.05, 0.1) is 0 Å². The molecule has 0 aromatic heterocycles. The second-order valence-electron chi connectivity index (χ2n) is 5.74. The Morgan fingerprint density at radius 2 is 1.91 bits per heavy atom. The van der Waals surface area contributed by atoms with Crippen LogP contribution in [0.1, 0.15) is 30.9 Å². The van der Waals surface area contributed by atoms with Crippen molar-refractivity contribution < 1.29 is 14.3 Å². The van der Waals surface area contributed by atoms with E-state index in [4.69, 9.17) is 9.47 Å². The quantitative estimate of drug-likeness (QED) is 0.901. The fourth-order valence-electron chi connectivity index (χ4n) is 2.51. The van der Waals surface area contributed by atoms with Crippen LogP contribution in [-0.2, 0) is 6.54 Å². The molecule has 120 valence electrons. The zero-order valence-corrected chi connectivity index (χ0v) is 13.3. The van der Waals surface area contributed by atoms with Gasteiger partial charge in [0.1, 0.15) is 0 Å². The molecule has 0 unspecified atom stereocenters. The van der Waals surface area contributed by atoms with Gasteiger partial charge in [-0.25, -0.2) is 4.79 Å². The number of anilines is 1. The molecular weight excluding hydrogens is 292 g/mol. The third-order valence-electron chi connectivity index (χ3n) is 3.72. The molecule has 0 saturated carbocycles. The van der Waals surface area contributed by atoms with Crippen molar-refractivity contribution >= 4 is 11.7 Å². The second-order valence-corrected chi connectivity index (χ2v) is 5.74. The van der Waals surface area contributed by atoms with Crippen LogP contribution in [0.2, 0.25) is 0 Å². The summed E-state index contributed by atoms with van der Waals surface area (Å²) in [5.41, 5.74) is 2.91. The Bertz CT molecular complexity index is 713. The fourth-order valence-corrected chi connectivity index (χ4v) is 2.51. The van der Waals surface area contributed by atoms with Crippen LogP contribution in [0.5, 0.6) is 11.5 Å². The predicted molar refractivity (Wildman–Crippen MR) is 89.0 cm³/mol. The van der Waals surface area contributed by atoms with Gasteiger partial charge < -0.3 is 20.1 Å². The van der Waals surface area contributed by atoms with Gasteiger partial charge in [0, 0.05) is 12.2 Å². The van der Waals surface area contributed by atoms with Gasteiger partial charge >= 0.3 is 6.03 Å². The normalized spacial score (nSPS) is 12.3. The Balaban J connectivity index is 1.60. The number of para-hydroxylation sites is 1. The molecule has 1 heterocycles. The van der Waals surface area contributed by atoms with Gasteiger partial charge in [0.2, 0.25) is 6.79 Å². The third-order valence-corrected chi connectivity index (χ3v) is 3.72. The number of rotatable bonds is 4. The number of carbonyl (C=O) groups is 1. The molecule has 0 aliphatic carbocycles. The van der Waals surface area contributed by atoms with E-state index in [1.54, 1.807) is 0 Å². The summed E-state index contributed by atoms with van der Waals surface area (Å²) in [5.74, 6) is 1.80. The van der Waals surface area contributed by atoms with Gasteiger partial charge in [0.25, 0.3) is 0 Å². The molecule has 2 amide bonds. The zero-order valence-electron chi connectivity index (χ0n) is 13.3. The van der Waals surface area contributed by atoms with Gasteiger partial charge in [-0.1, -0.05) is 38.1 Å². The molecule has 5 heteroatoms. The number of urea groups is 1. The van der Waals surface area contributed by atoms with E-state index >= 15 is 0 Å². The van der Waals surface area contributed by atoms with E-state index in [0.29, 0.717) is 12.5 Å². The molecule has 3 rings (SSSR count). The van der Waals surface area contributed by atoms with Crippen molar-refractivity contribution in [1.82, 2.24) is 5.32 Å². The summed E-state index contributed by atoms with van der Waals surface area (Å²) >= 11 is 0. The molecule has 2 aromatic rings. The summed E-state index contributed by atoms with van der Waals surface area (Å²) in [6.45, 7) is 4.88. The minimum Gasteiger partial charge on any atom is -0.454 e. The number of hydrogen-bond donors (Lipinski definition) is 2. The number of amides is 2. The minimum absolute atomic E-state index is 0.226. The lowest BCUT2D eigenvalue weighted by Gasteiger charge is -2.14. The average molecular weight is 312 g/mol. The molecule has 0 atom stereocenters. The van der Waals surface area contributed by atoms with Crippen molar-refractivity contribution in [2.75, 3.05) is 12.1 Å². The van der Waals surface area contributed by atoms with Gasteiger partial charge in [-0.2, -0.15) is 0 Å². The maximum absolute atomic E-state index is 12.1. The van der Waals surface area contributed by atoms with Crippen molar-refractivity contribution in [2.45, 2.75) is 26.3 Å². The first-order valence-corrected chi connectivity index (χ1v) is 7.66. The molecule has 5 nitrogen and oxygen atoms in total. The number of ether oxygens (including phenoxy) is 2. The first-order chi connectivity index (χ1) is 11.1. The minimum atomic E-state index is -0.226. The molecule has 0 bridgehead atoms. The molecule has 0 saturated heterocycles. The highest BCUT2D eigenvalue weighted by Crippen LogP contribution is 2.32.